The van der Waals surface area contributed by atoms with Gasteiger partial charge in [0.15, 0.2) is 0 Å². The summed E-state index contributed by atoms with van der Waals surface area (Å²) in [5, 5.41) is 1.10. The zero-order valence-electron chi connectivity index (χ0n) is 25.4. The quantitative estimate of drug-likeness (QED) is 0.151. The van der Waals surface area contributed by atoms with Crippen LogP contribution in [0.3, 0.4) is 0 Å². The molecule has 1 unspecified atom stereocenters. The molecule has 1 aliphatic rings. The molecular formula is C35H43Cl2N5O. The van der Waals surface area contributed by atoms with Crippen LogP contribution in [0.2, 0.25) is 10.0 Å². The van der Waals surface area contributed by atoms with E-state index in [1.807, 2.05) is 60.5 Å². The van der Waals surface area contributed by atoms with Gasteiger partial charge in [0.05, 0.1) is 21.1 Å². The summed E-state index contributed by atoms with van der Waals surface area (Å²) in [5.74, 6) is 1.27. The average molecular weight is 621 g/mol. The lowest BCUT2D eigenvalue weighted by Crippen LogP contribution is -2.35. The van der Waals surface area contributed by atoms with Crippen molar-refractivity contribution >= 4 is 46.1 Å². The van der Waals surface area contributed by atoms with Gasteiger partial charge in [-0.25, -0.2) is 4.98 Å². The van der Waals surface area contributed by atoms with Crippen LogP contribution in [0.25, 0.3) is 11.0 Å². The first-order valence-corrected chi connectivity index (χ1v) is 16.4. The van der Waals surface area contributed by atoms with Crippen molar-refractivity contribution in [2.24, 2.45) is 0 Å². The Morgan fingerprint density at radius 2 is 1.70 bits per heavy atom. The van der Waals surface area contributed by atoms with Crippen LogP contribution in [-0.2, 0) is 6.54 Å². The van der Waals surface area contributed by atoms with E-state index in [0.29, 0.717) is 22.2 Å². The van der Waals surface area contributed by atoms with Gasteiger partial charge >= 0.3 is 0 Å². The largest absolute Gasteiger partial charge is 0.341 e. The summed E-state index contributed by atoms with van der Waals surface area (Å²) in [6.07, 6.45) is 5.61. The van der Waals surface area contributed by atoms with Crippen LogP contribution in [0, 0.1) is 0 Å². The molecule has 0 radical (unpaired) electrons. The van der Waals surface area contributed by atoms with Crippen LogP contribution < -0.4 is 4.90 Å². The number of likely N-dealkylation sites (N-methyl/N-ethyl adjacent to an activating group) is 1. The van der Waals surface area contributed by atoms with Crippen molar-refractivity contribution in [3.8, 4) is 0 Å². The molecule has 2 heterocycles. The van der Waals surface area contributed by atoms with E-state index in [0.717, 1.165) is 69.1 Å². The highest BCUT2D eigenvalue weighted by Crippen LogP contribution is 2.30. The van der Waals surface area contributed by atoms with E-state index >= 15 is 0 Å². The number of imidazole rings is 1. The number of carbonyl (C=O) groups is 1. The van der Waals surface area contributed by atoms with E-state index in [-0.39, 0.29) is 11.8 Å². The molecule has 0 spiro atoms. The number of hydrogen-bond acceptors (Lipinski definition) is 4. The molecule has 8 heteroatoms. The summed E-state index contributed by atoms with van der Waals surface area (Å²) in [4.78, 5) is 25.2. The third-order valence-corrected chi connectivity index (χ3v) is 9.30. The van der Waals surface area contributed by atoms with Gasteiger partial charge in [-0.05, 0) is 74.3 Å². The van der Waals surface area contributed by atoms with Gasteiger partial charge in [-0.15, -0.1) is 0 Å². The Kier molecular flexibility index (Phi) is 11.0. The Hall–Kier alpha value is -3.06. The van der Waals surface area contributed by atoms with Crippen molar-refractivity contribution in [3.63, 3.8) is 0 Å². The fourth-order valence-electron chi connectivity index (χ4n) is 6.12. The number of carbonyl (C=O) groups excluding carboxylic acids is 1. The molecule has 0 bridgehead atoms. The van der Waals surface area contributed by atoms with Gasteiger partial charge in [0, 0.05) is 51.3 Å². The number of amides is 1. The summed E-state index contributed by atoms with van der Waals surface area (Å²) in [7, 11) is 1.89. The van der Waals surface area contributed by atoms with Crippen molar-refractivity contribution in [1.29, 1.82) is 0 Å². The zero-order valence-corrected chi connectivity index (χ0v) is 26.9. The Morgan fingerprint density at radius 1 is 0.907 bits per heavy atom. The van der Waals surface area contributed by atoms with Crippen molar-refractivity contribution in [2.45, 2.75) is 51.5 Å². The van der Waals surface area contributed by atoms with E-state index in [9.17, 15) is 4.79 Å². The minimum Gasteiger partial charge on any atom is -0.341 e. The topological polar surface area (TPSA) is 44.6 Å². The molecule has 1 atom stereocenters. The Labute approximate surface area is 266 Å². The Balaban J connectivity index is 1.27. The molecule has 228 valence electrons. The number of unbranched alkanes of at least 4 members (excludes halogenated alkanes) is 2. The molecule has 1 amide bonds. The number of rotatable bonds is 12. The number of aryl methyl sites for hydroxylation is 1. The number of hydrogen-bond donors (Lipinski definition) is 0. The lowest BCUT2D eigenvalue weighted by atomic mass is 9.94. The summed E-state index contributed by atoms with van der Waals surface area (Å²) >= 11 is 12.7. The molecule has 0 aliphatic carbocycles. The minimum absolute atomic E-state index is 0.0258. The normalized spacial score (nSPS) is 15.0. The van der Waals surface area contributed by atoms with E-state index < -0.39 is 0 Å². The van der Waals surface area contributed by atoms with Crippen molar-refractivity contribution in [2.75, 3.05) is 51.2 Å². The predicted octanol–water partition coefficient (Wildman–Crippen LogP) is 7.99. The second-order valence-electron chi connectivity index (χ2n) is 11.7. The maximum atomic E-state index is 13.2. The van der Waals surface area contributed by atoms with Crippen LogP contribution in [0.4, 0.5) is 5.95 Å². The van der Waals surface area contributed by atoms with Crippen molar-refractivity contribution < 1.29 is 4.79 Å². The van der Waals surface area contributed by atoms with Crippen molar-refractivity contribution in [1.82, 2.24) is 19.4 Å². The Bertz CT molecular complexity index is 1490. The van der Waals surface area contributed by atoms with Gasteiger partial charge in [-0.2, -0.15) is 0 Å². The minimum atomic E-state index is 0.0258. The van der Waals surface area contributed by atoms with Crippen LogP contribution >= 0.6 is 23.2 Å². The first-order valence-electron chi connectivity index (χ1n) is 15.6. The monoisotopic (exact) mass is 619 g/mol. The highest BCUT2D eigenvalue weighted by atomic mass is 35.5. The average Bonchev–Trinajstić information content (AvgIpc) is 3.22. The van der Waals surface area contributed by atoms with Gasteiger partial charge in [0.2, 0.25) is 5.95 Å². The predicted molar refractivity (Wildman–Crippen MR) is 180 cm³/mol. The number of nitrogens with zero attached hydrogens (tertiary/aromatic N) is 5. The molecule has 1 fully saturated rings. The summed E-state index contributed by atoms with van der Waals surface area (Å²) in [6.45, 7) is 8.77. The van der Waals surface area contributed by atoms with E-state index in [1.165, 1.54) is 24.8 Å². The fourth-order valence-corrected chi connectivity index (χ4v) is 6.43. The summed E-state index contributed by atoms with van der Waals surface area (Å²) < 4.78 is 2.43. The highest BCUT2D eigenvalue weighted by molar-refractivity contribution is 6.42. The van der Waals surface area contributed by atoms with Crippen LogP contribution in [0.15, 0.2) is 72.8 Å². The standard InChI is InChI=1S/C35H43Cl2N5O/c1-3-4-10-21-42-33-15-9-8-14-32(33)38-35(42)41-20-11-19-40(23-24-41)22-18-29(28-16-17-30(36)31(37)25-28)26-39(2)34(43)27-12-6-5-7-13-27/h5-9,12-17,25,29H,3-4,10-11,18-24,26H2,1-2H3. The number of fused-ring (bicyclic) bond motifs is 1. The molecule has 0 N–H and O–H groups in total. The first kappa shape index (κ1) is 31.4. The number of anilines is 1. The summed E-state index contributed by atoms with van der Waals surface area (Å²) in [6, 6.07) is 23.9. The molecule has 0 saturated carbocycles. The zero-order chi connectivity index (χ0) is 30.2. The van der Waals surface area contributed by atoms with E-state index in [1.54, 1.807) is 0 Å². The van der Waals surface area contributed by atoms with Gasteiger partial charge in [-0.3, -0.25) is 4.79 Å². The highest BCUT2D eigenvalue weighted by Gasteiger charge is 2.24. The smallest absolute Gasteiger partial charge is 0.253 e. The lowest BCUT2D eigenvalue weighted by Gasteiger charge is -2.28. The maximum absolute atomic E-state index is 13.2. The molecule has 6 nitrogen and oxygen atoms in total. The molecule has 1 aromatic heterocycles. The number of benzene rings is 3. The van der Waals surface area contributed by atoms with Crippen LogP contribution in [0.1, 0.15) is 60.9 Å². The molecule has 5 rings (SSSR count). The number of halogens is 2. The second-order valence-corrected chi connectivity index (χ2v) is 12.5. The Morgan fingerprint density at radius 3 is 2.49 bits per heavy atom. The van der Waals surface area contributed by atoms with Gasteiger partial charge in [-0.1, -0.05) is 79.4 Å². The van der Waals surface area contributed by atoms with Gasteiger partial charge in [0.1, 0.15) is 0 Å². The summed E-state index contributed by atoms with van der Waals surface area (Å²) in [5.41, 5.74) is 4.12. The molecule has 1 aliphatic heterocycles. The van der Waals surface area contributed by atoms with E-state index in [4.69, 9.17) is 28.2 Å². The SMILES string of the molecule is CCCCCn1c(N2CCCN(CCC(CN(C)C(=O)c3ccccc3)c3ccc(Cl)c(Cl)c3)CC2)nc2ccccc21. The number of aromatic nitrogens is 2. The third kappa shape index (κ3) is 7.91. The van der Waals surface area contributed by atoms with Gasteiger partial charge < -0.3 is 19.3 Å². The lowest BCUT2D eigenvalue weighted by molar-refractivity contribution is 0.0783. The first-order chi connectivity index (χ1) is 20.9. The fraction of sp³-hybridized carbons (Fsp3) is 0.429. The molecule has 4 aromatic rings. The molecule has 43 heavy (non-hydrogen) atoms. The van der Waals surface area contributed by atoms with Crippen LogP contribution in [-0.4, -0.2) is 71.6 Å². The molecular weight excluding hydrogens is 577 g/mol. The van der Waals surface area contributed by atoms with Crippen LogP contribution in [0.5, 0.6) is 0 Å². The molecule has 3 aromatic carbocycles. The number of para-hydroxylation sites is 2. The second kappa shape index (κ2) is 15.1. The third-order valence-electron chi connectivity index (χ3n) is 8.56. The van der Waals surface area contributed by atoms with E-state index in [2.05, 4.69) is 45.6 Å². The van der Waals surface area contributed by atoms with Crippen molar-refractivity contribution in [3.05, 3.63) is 94.0 Å². The molecule has 1 saturated heterocycles. The van der Waals surface area contributed by atoms with Gasteiger partial charge in [0.25, 0.3) is 5.91 Å². The maximum Gasteiger partial charge on any atom is 0.253 e.